The van der Waals surface area contributed by atoms with Crippen LogP contribution in [0.5, 0.6) is 11.6 Å². The number of nitrogens with zero attached hydrogens (tertiary/aromatic N) is 5. The zero-order valence-corrected chi connectivity index (χ0v) is 21.9. The van der Waals surface area contributed by atoms with Gasteiger partial charge in [0, 0.05) is 66.5 Å². The van der Waals surface area contributed by atoms with Gasteiger partial charge in [-0.15, -0.1) is 11.3 Å². The van der Waals surface area contributed by atoms with Gasteiger partial charge in [-0.05, 0) is 44.2 Å². The van der Waals surface area contributed by atoms with E-state index in [4.69, 9.17) is 4.74 Å². The van der Waals surface area contributed by atoms with Crippen LogP contribution in [-0.2, 0) is 17.1 Å². The molecule has 3 aromatic heterocycles. The van der Waals surface area contributed by atoms with Gasteiger partial charge >= 0.3 is 0 Å². The number of ether oxygens (including phenoxy) is 1. The number of nitrogens with one attached hydrogen (secondary N) is 2. The molecule has 36 heavy (non-hydrogen) atoms. The molecule has 0 bridgehead atoms. The summed E-state index contributed by atoms with van der Waals surface area (Å²) in [5.74, 6) is 0.756. The average molecular weight is 526 g/mol. The van der Waals surface area contributed by atoms with Gasteiger partial charge in [0.1, 0.15) is 10.6 Å². The Kier molecular flexibility index (Phi) is 6.65. The van der Waals surface area contributed by atoms with E-state index >= 15 is 0 Å². The molecule has 4 aromatic rings. The van der Waals surface area contributed by atoms with Gasteiger partial charge in [0.25, 0.3) is 10.0 Å². The Morgan fingerprint density at radius 2 is 1.83 bits per heavy atom. The van der Waals surface area contributed by atoms with Crippen LogP contribution in [0.3, 0.4) is 0 Å². The predicted octanol–water partition coefficient (Wildman–Crippen LogP) is 3.56. The molecule has 0 radical (unpaired) electrons. The number of rotatable bonds is 7. The molecule has 1 fully saturated rings. The molecule has 1 aromatic carbocycles. The summed E-state index contributed by atoms with van der Waals surface area (Å²) >= 11 is 1.65. The Morgan fingerprint density at radius 3 is 2.47 bits per heavy atom. The van der Waals surface area contributed by atoms with Crippen molar-refractivity contribution in [3.63, 3.8) is 0 Å². The summed E-state index contributed by atoms with van der Waals surface area (Å²) in [6, 6.07) is 11.5. The fraction of sp³-hybridized carbons (Fsp3) is 0.292. The van der Waals surface area contributed by atoms with Crippen molar-refractivity contribution in [3.05, 3.63) is 58.5 Å². The molecule has 0 atom stereocenters. The molecule has 0 unspecified atom stereocenters. The van der Waals surface area contributed by atoms with Crippen LogP contribution < -0.4 is 19.7 Å². The van der Waals surface area contributed by atoms with Crippen molar-refractivity contribution in [2.24, 2.45) is 7.05 Å². The standard InChI is InChI=1S/C24H27N7O3S2/c1-16-12-21(17(2)35-16)22-13-23(28-24(27-22)29-36(32,33)20-14-26-30(3)15-20)34-19-6-4-18(5-7-19)31-10-8-25-9-11-31/h4-7,12-15,25H,8-11H2,1-3H3,(H,27,28,29). The first-order valence-electron chi connectivity index (χ1n) is 11.5. The third kappa shape index (κ3) is 5.35. The zero-order valence-electron chi connectivity index (χ0n) is 20.2. The minimum atomic E-state index is -3.93. The number of sulfonamides is 1. The molecule has 2 N–H and O–H groups in total. The lowest BCUT2D eigenvalue weighted by molar-refractivity contribution is 0.463. The summed E-state index contributed by atoms with van der Waals surface area (Å²) in [6.07, 6.45) is 2.69. The Bertz CT molecular complexity index is 1470. The largest absolute Gasteiger partial charge is 0.439 e. The highest BCUT2D eigenvalue weighted by molar-refractivity contribution is 7.92. The number of anilines is 2. The first-order chi connectivity index (χ1) is 17.3. The average Bonchev–Trinajstić information content (AvgIpc) is 3.44. The van der Waals surface area contributed by atoms with Crippen LogP contribution in [-0.4, -0.2) is 54.3 Å². The first-order valence-corrected chi connectivity index (χ1v) is 13.8. The highest BCUT2D eigenvalue weighted by Crippen LogP contribution is 2.33. The summed E-state index contributed by atoms with van der Waals surface area (Å²) < 4.78 is 35.8. The van der Waals surface area contributed by atoms with Gasteiger partial charge < -0.3 is 15.0 Å². The van der Waals surface area contributed by atoms with E-state index < -0.39 is 10.0 Å². The quantitative estimate of drug-likeness (QED) is 0.377. The molecule has 0 saturated carbocycles. The molecule has 1 aliphatic heterocycles. The molecule has 0 spiro atoms. The molecule has 0 aliphatic carbocycles. The summed E-state index contributed by atoms with van der Waals surface area (Å²) in [5, 5.41) is 7.30. The van der Waals surface area contributed by atoms with E-state index in [1.807, 2.05) is 44.2 Å². The third-order valence-corrected chi connectivity index (χ3v) is 8.03. The van der Waals surface area contributed by atoms with Crippen LogP contribution in [0, 0.1) is 13.8 Å². The van der Waals surface area contributed by atoms with Crippen LogP contribution in [0.2, 0.25) is 0 Å². The van der Waals surface area contributed by atoms with Crippen LogP contribution in [0.1, 0.15) is 9.75 Å². The number of aromatic nitrogens is 4. The molecular formula is C24H27N7O3S2. The number of benzene rings is 1. The molecule has 0 amide bonds. The zero-order chi connectivity index (χ0) is 25.3. The maximum atomic E-state index is 12.9. The summed E-state index contributed by atoms with van der Waals surface area (Å²) in [4.78, 5) is 13.4. The molecule has 5 rings (SSSR count). The van der Waals surface area contributed by atoms with E-state index in [9.17, 15) is 8.42 Å². The molecular weight excluding hydrogens is 498 g/mol. The second-order valence-corrected chi connectivity index (χ2v) is 11.7. The molecule has 1 saturated heterocycles. The number of hydrogen-bond acceptors (Lipinski definition) is 9. The van der Waals surface area contributed by atoms with Crippen LogP contribution in [0.4, 0.5) is 11.6 Å². The topological polar surface area (TPSA) is 114 Å². The number of thiophene rings is 1. The Balaban J connectivity index is 1.46. The van der Waals surface area contributed by atoms with Crippen molar-refractivity contribution >= 4 is 33.0 Å². The van der Waals surface area contributed by atoms with Crippen molar-refractivity contribution in [1.29, 1.82) is 0 Å². The number of aryl methyl sites for hydroxylation is 3. The summed E-state index contributed by atoms with van der Waals surface area (Å²) in [5.41, 5.74) is 2.60. The molecule has 188 valence electrons. The van der Waals surface area contributed by atoms with Crippen molar-refractivity contribution in [2.75, 3.05) is 35.8 Å². The minimum absolute atomic E-state index is 0.0209. The van der Waals surface area contributed by atoms with Crippen molar-refractivity contribution in [2.45, 2.75) is 18.7 Å². The minimum Gasteiger partial charge on any atom is -0.439 e. The van der Waals surface area contributed by atoms with Gasteiger partial charge in [0.2, 0.25) is 11.8 Å². The number of hydrogen-bond donors (Lipinski definition) is 2. The first kappa shape index (κ1) is 24.2. The summed E-state index contributed by atoms with van der Waals surface area (Å²) in [7, 11) is -2.28. The van der Waals surface area contributed by atoms with Crippen molar-refractivity contribution in [1.82, 2.24) is 25.1 Å². The van der Waals surface area contributed by atoms with Crippen molar-refractivity contribution in [3.8, 4) is 22.9 Å². The maximum Gasteiger partial charge on any atom is 0.267 e. The molecule has 10 nitrogen and oxygen atoms in total. The van der Waals surface area contributed by atoms with E-state index in [1.54, 1.807) is 24.5 Å². The molecule has 4 heterocycles. The van der Waals surface area contributed by atoms with Gasteiger partial charge in [0.05, 0.1) is 11.9 Å². The fourth-order valence-corrected chi connectivity index (χ4v) is 5.89. The Hall–Kier alpha value is -3.48. The van der Waals surface area contributed by atoms with Gasteiger partial charge in [0.15, 0.2) is 0 Å². The van der Waals surface area contributed by atoms with Crippen LogP contribution >= 0.6 is 11.3 Å². The Labute approximate surface area is 214 Å². The van der Waals surface area contributed by atoms with Gasteiger partial charge in [-0.1, -0.05) is 0 Å². The predicted molar refractivity (Wildman–Crippen MR) is 140 cm³/mol. The van der Waals surface area contributed by atoms with Gasteiger partial charge in [-0.2, -0.15) is 10.1 Å². The van der Waals surface area contributed by atoms with E-state index in [0.29, 0.717) is 11.4 Å². The van der Waals surface area contributed by atoms with Crippen LogP contribution in [0.25, 0.3) is 11.3 Å². The highest BCUT2D eigenvalue weighted by atomic mass is 32.2. The lowest BCUT2D eigenvalue weighted by Crippen LogP contribution is -2.43. The second kappa shape index (κ2) is 9.88. The van der Waals surface area contributed by atoms with Crippen molar-refractivity contribution < 1.29 is 13.2 Å². The summed E-state index contributed by atoms with van der Waals surface area (Å²) in [6.45, 7) is 7.85. The second-order valence-electron chi connectivity index (χ2n) is 8.53. The van der Waals surface area contributed by atoms with E-state index in [-0.39, 0.29) is 16.7 Å². The van der Waals surface area contributed by atoms with E-state index in [2.05, 4.69) is 30.0 Å². The highest BCUT2D eigenvalue weighted by Gasteiger charge is 2.20. The monoisotopic (exact) mass is 525 g/mol. The van der Waals surface area contributed by atoms with E-state index in [0.717, 1.165) is 47.2 Å². The molecule has 1 aliphatic rings. The lowest BCUT2D eigenvalue weighted by Gasteiger charge is -2.29. The maximum absolute atomic E-state index is 12.9. The lowest BCUT2D eigenvalue weighted by atomic mass is 10.2. The van der Waals surface area contributed by atoms with Crippen LogP contribution in [0.15, 0.2) is 53.7 Å². The van der Waals surface area contributed by atoms with Gasteiger partial charge in [-0.25, -0.2) is 18.1 Å². The molecule has 12 heteroatoms. The smallest absolute Gasteiger partial charge is 0.267 e. The van der Waals surface area contributed by atoms with Gasteiger partial charge in [-0.3, -0.25) is 4.68 Å². The fourth-order valence-electron chi connectivity index (χ4n) is 4.03. The SMILES string of the molecule is Cc1cc(-c2cc(Oc3ccc(N4CCNCC4)cc3)nc(NS(=O)(=O)c3cnn(C)c3)n2)c(C)s1. The van der Waals surface area contributed by atoms with E-state index in [1.165, 1.54) is 17.1 Å². The third-order valence-electron chi connectivity index (χ3n) is 5.78. The number of piperazine rings is 1. The Morgan fingerprint density at radius 1 is 1.08 bits per heavy atom. The normalized spacial score (nSPS) is 14.1.